The molecule has 0 saturated heterocycles. The molecule has 80 valence electrons. The summed E-state index contributed by atoms with van der Waals surface area (Å²) in [6.45, 7) is 6.14. The van der Waals surface area contributed by atoms with Gasteiger partial charge in [0.1, 0.15) is 0 Å². The van der Waals surface area contributed by atoms with Crippen LogP contribution < -0.4 is 0 Å². The first kappa shape index (κ1) is 12.6. The summed E-state index contributed by atoms with van der Waals surface area (Å²) >= 11 is 0. The number of esters is 1. The van der Waals surface area contributed by atoms with E-state index in [2.05, 4.69) is 11.3 Å². The highest BCUT2D eigenvalue weighted by Gasteiger charge is 2.33. The fraction of sp³-hybridized carbons (Fsp3) is 0.556. The number of rotatable bonds is 5. The van der Waals surface area contributed by atoms with Gasteiger partial charge in [-0.25, -0.2) is 9.59 Å². The molecule has 0 rings (SSSR count). The zero-order chi connectivity index (χ0) is 11.4. The molecule has 0 spiro atoms. The van der Waals surface area contributed by atoms with Crippen molar-refractivity contribution in [2.24, 2.45) is 0 Å². The Morgan fingerprint density at radius 1 is 1.50 bits per heavy atom. The van der Waals surface area contributed by atoms with Gasteiger partial charge in [0.05, 0.1) is 6.61 Å². The molecule has 0 aromatic rings. The highest BCUT2D eigenvalue weighted by Crippen LogP contribution is 2.17. The van der Waals surface area contributed by atoms with Crippen LogP contribution in [-0.4, -0.2) is 34.4 Å². The Kier molecular flexibility index (Phi) is 4.30. The van der Waals surface area contributed by atoms with Gasteiger partial charge in [0.2, 0.25) is 0 Å². The molecule has 1 atom stereocenters. The van der Waals surface area contributed by atoms with Crippen LogP contribution in [0, 0.1) is 0 Å². The average molecular weight is 202 g/mol. The fourth-order valence-electron chi connectivity index (χ4n) is 0.850. The molecule has 2 N–H and O–H groups in total. The van der Waals surface area contributed by atoms with E-state index in [0.717, 1.165) is 0 Å². The van der Waals surface area contributed by atoms with Crippen LogP contribution in [0.5, 0.6) is 0 Å². The second-order valence-corrected chi connectivity index (χ2v) is 3.08. The second-order valence-electron chi connectivity index (χ2n) is 3.08. The van der Waals surface area contributed by atoms with Crippen LogP contribution in [0.3, 0.4) is 0 Å². The van der Waals surface area contributed by atoms with Gasteiger partial charge in [-0.15, -0.1) is 0 Å². The summed E-state index contributed by atoms with van der Waals surface area (Å²) in [5, 5.41) is 18.0. The zero-order valence-electron chi connectivity index (χ0n) is 8.24. The van der Waals surface area contributed by atoms with Crippen molar-refractivity contribution >= 4 is 11.9 Å². The van der Waals surface area contributed by atoms with Crippen molar-refractivity contribution in [2.45, 2.75) is 25.9 Å². The molecular weight excluding hydrogens is 188 g/mol. The Labute approximate surface area is 82.0 Å². The van der Waals surface area contributed by atoms with Crippen molar-refractivity contribution in [3.05, 3.63) is 12.2 Å². The summed E-state index contributed by atoms with van der Waals surface area (Å²) in [5.74, 6) is -2.09. The first-order valence-corrected chi connectivity index (χ1v) is 4.12. The van der Waals surface area contributed by atoms with Crippen LogP contribution in [0.4, 0.5) is 0 Å². The third-order valence-electron chi connectivity index (χ3n) is 1.58. The molecule has 0 aliphatic rings. The molecule has 0 aromatic heterocycles. The number of hydrogen-bond acceptors (Lipinski definition) is 4. The van der Waals surface area contributed by atoms with Crippen molar-refractivity contribution in [3.63, 3.8) is 0 Å². The highest BCUT2D eigenvalue weighted by atomic mass is 16.5. The van der Waals surface area contributed by atoms with Crippen LogP contribution in [0.2, 0.25) is 0 Å². The molecule has 0 saturated carbocycles. The van der Waals surface area contributed by atoms with E-state index in [1.807, 2.05) is 0 Å². The zero-order valence-corrected chi connectivity index (χ0v) is 8.24. The minimum absolute atomic E-state index is 0.133. The Morgan fingerprint density at radius 3 is 2.36 bits per heavy atom. The number of carbonyl (C=O) groups excluding carboxylic acids is 1. The number of aliphatic hydroxyl groups is 1. The van der Waals surface area contributed by atoms with E-state index in [1.54, 1.807) is 6.92 Å². The minimum Gasteiger partial charge on any atom is -0.478 e. The molecule has 0 aliphatic heterocycles. The maximum absolute atomic E-state index is 11.1. The summed E-state index contributed by atoms with van der Waals surface area (Å²) < 4.78 is 4.56. The lowest BCUT2D eigenvalue weighted by Crippen LogP contribution is -2.37. The quantitative estimate of drug-likeness (QED) is 0.496. The summed E-state index contributed by atoms with van der Waals surface area (Å²) in [7, 11) is 0. The molecule has 0 heterocycles. The lowest BCUT2D eigenvalue weighted by Gasteiger charge is -2.20. The van der Waals surface area contributed by atoms with Gasteiger partial charge in [0, 0.05) is 12.0 Å². The molecule has 14 heavy (non-hydrogen) atoms. The van der Waals surface area contributed by atoms with Gasteiger partial charge in [-0.1, -0.05) is 6.58 Å². The minimum atomic E-state index is -1.83. The number of carboxylic acids is 1. The first-order chi connectivity index (χ1) is 6.31. The van der Waals surface area contributed by atoms with Gasteiger partial charge in [-0.2, -0.15) is 0 Å². The van der Waals surface area contributed by atoms with Gasteiger partial charge < -0.3 is 14.9 Å². The Balaban J connectivity index is 4.40. The number of ether oxygens (including phenoxy) is 1. The van der Waals surface area contributed by atoms with E-state index in [-0.39, 0.29) is 18.6 Å². The molecule has 0 aromatic carbocycles. The normalized spacial score (nSPS) is 14.2. The summed E-state index contributed by atoms with van der Waals surface area (Å²) in [6, 6.07) is 0. The van der Waals surface area contributed by atoms with E-state index < -0.39 is 17.5 Å². The maximum Gasteiger partial charge on any atom is 0.338 e. The highest BCUT2D eigenvalue weighted by molar-refractivity contribution is 5.88. The van der Waals surface area contributed by atoms with Crippen molar-refractivity contribution in [1.82, 2.24) is 0 Å². The van der Waals surface area contributed by atoms with Crippen molar-refractivity contribution in [3.8, 4) is 0 Å². The van der Waals surface area contributed by atoms with E-state index in [1.165, 1.54) is 6.92 Å². The maximum atomic E-state index is 11.1. The van der Waals surface area contributed by atoms with Gasteiger partial charge in [-0.3, -0.25) is 0 Å². The first-order valence-electron chi connectivity index (χ1n) is 4.12. The van der Waals surface area contributed by atoms with E-state index in [9.17, 15) is 14.7 Å². The van der Waals surface area contributed by atoms with Crippen molar-refractivity contribution in [2.75, 3.05) is 6.61 Å². The third kappa shape index (κ3) is 3.57. The van der Waals surface area contributed by atoms with Crippen LogP contribution in [0.15, 0.2) is 12.2 Å². The fourth-order valence-corrected chi connectivity index (χ4v) is 0.850. The standard InChI is InChI=1S/C9H14O5/c1-4-14-8(12)9(3,13)5-6(2)7(10)11/h13H,2,4-5H2,1,3H3,(H,10,11). The van der Waals surface area contributed by atoms with Crippen molar-refractivity contribution in [1.29, 1.82) is 0 Å². The van der Waals surface area contributed by atoms with Crippen LogP contribution in [0.25, 0.3) is 0 Å². The molecular formula is C9H14O5. The van der Waals surface area contributed by atoms with E-state index in [4.69, 9.17) is 5.11 Å². The predicted octanol–water partition coefficient (Wildman–Crippen LogP) is 0.331. The van der Waals surface area contributed by atoms with Gasteiger partial charge in [0.15, 0.2) is 5.60 Å². The Morgan fingerprint density at radius 2 is 2.00 bits per heavy atom. The SMILES string of the molecule is C=C(CC(C)(O)C(=O)OCC)C(=O)O. The van der Waals surface area contributed by atoms with Crippen molar-refractivity contribution < 1.29 is 24.5 Å². The molecule has 1 unspecified atom stereocenters. The molecule has 0 aliphatic carbocycles. The summed E-state index contributed by atoms with van der Waals surface area (Å²) in [6.07, 6.45) is -0.346. The molecule has 0 bridgehead atoms. The number of hydrogen-bond donors (Lipinski definition) is 2. The van der Waals surface area contributed by atoms with Gasteiger partial charge in [0.25, 0.3) is 0 Å². The summed E-state index contributed by atoms with van der Waals surface area (Å²) in [4.78, 5) is 21.5. The Bertz CT molecular complexity index is 254. The molecule has 5 heteroatoms. The van der Waals surface area contributed by atoms with E-state index in [0.29, 0.717) is 0 Å². The van der Waals surface area contributed by atoms with Gasteiger partial charge in [-0.05, 0) is 13.8 Å². The lowest BCUT2D eigenvalue weighted by molar-refractivity contribution is -0.163. The second kappa shape index (κ2) is 4.76. The molecule has 5 nitrogen and oxygen atoms in total. The van der Waals surface area contributed by atoms with Crippen LogP contribution in [0.1, 0.15) is 20.3 Å². The number of aliphatic carboxylic acids is 1. The third-order valence-corrected chi connectivity index (χ3v) is 1.58. The molecule has 0 radical (unpaired) electrons. The van der Waals surface area contributed by atoms with Crippen LogP contribution >= 0.6 is 0 Å². The number of carboxylic acid groups (broad SMARTS) is 1. The van der Waals surface area contributed by atoms with E-state index >= 15 is 0 Å². The average Bonchev–Trinajstić information content (AvgIpc) is 2.03. The number of carbonyl (C=O) groups is 2. The van der Waals surface area contributed by atoms with Crippen LogP contribution in [-0.2, 0) is 14.3 Å². The molecule has 0 amide bonds. The predicted molar refractivity (Wildman–Crippen MR) is 48.6 cm³/mol. The summed E-state index contributed by atoms with van der Waals surface area (Å²) in [5.41, 5.74) is -2.06. The molecule has 0 fully saturated rings. The monoisotopic (exact) mass is 202 g/mol. The Hall–Kier alpha value is -1.36. The largest absolute Gasteiger partial charge is 0.478 e. The smallest absolute Gasteiger partial charge is 0.338 e. The topological polar surface area (TPSA) is 83.8 Å². The van der Waals surface area contributed by atoms with Gasteiger partial charge >= 0.3 is 11.9 Å². The lowest BCUT2D eigenvalue weighted by atomic mass is 9.97.